The van der Waals surface area contributed by atoms with Crippen LogP contribution in [0.3, 0.4) is 0 Å². The second-order valence-corrected chi connectivity index (χ2v) is 5.09. The van der Waals surface area contributed by atoms with Gasteiger partial charge in [0.1, 0.15) is 0 Å². The predicted molar refractivity (Wildman–Crippen MR) is 62.1 cm³/mol. The fourth-order valence-corrected chi connectivity index (χ4v) is 1.31. The van der Waals surface area contributed by atoms with Gasteiger partial charge in [-0.3, -0.25) is 14.4 Å². The summed E-state index contributed by atoms with van der Waals surface area (Å²) in [5, 5.41) is 9.01. The molecule has 0 aliphatic carbocycles. The summed E-state index contributed by atoms with van der Waals surface area (Å²) in [6, 6.07) is 0.929. The number of carbonyl (C=O) groups excluding carboxylic acids is 2. The maximum Gasteiger partial charge on any atom is 0.244 e. The van der Waals surface area contributed by atoms with Crippen molar-refractivity contribution in [3.8, 4) is 5.75 Å². The number of aromatic nitrogens is 1. The van der Waals surface area contributed by atoms with E-state index in [0.29, 0.717) is 0 Å². The van der Waals surface area contributed by atoms with Crippen molar-refractivity contribution in [1.29, 1.82) is 0 Å². The third-order valence-electron chi connectivity index (χ3n) is 2.08. The summed E-state index contributed by atoms with van der Waals surface area (Å²) in [5.41, 5.74) is -1.07. The number of H-pyrrole nitrogens is 1. The van der Waals surface area contributed by atoms with Crippen molar-refractivity contribution >= 4 is 11.6 Å². The van der Waals surface area contributed by atoms with Crippen LogP contribution in [0.25, 0.3) is 0 Å². The summed E-state index contributed by atoms with van der Waals surface area (Å²) >= 11 is 0. The molecule has 5 heteroatoms. The van der Waals surface area contributed by atoms with E-state index in [4.69, 9.17) is 5.11 Å². The van der Waals surface area contributed by atoms with E-state index in [9.17, 15) is 14.4 Å². The van der Waals surface area contributed by atoms with Gasteiger partial charge in [-0.15, -0.1) is 0 Å². The standard InChI is InChI=1S/C12H15NO4/c1-12(2,3)5-9(15)11(17)7-4-8(14)10(16)6-13-7/h4,6,16H,5H2,1-3H3,(H,13,14). The summed E-state index contributed by atoms with van der Waals surface area (Å²) < 4.78 is 0. The largest absolute Gasteiger partial charge is 0.503 e. The van der Waals surface area contributed by atoms with E-state index < -0.39 is 22.7 Å². The number of rotatable bonds is 3. The maximum absolute atomic E-state index is 11.7. The fraction of sp³-hybridized carbons (Fsp3) is 0.417. The van der Waals surface area contributed by atoms with Crippen LogP contribution in [0.15, 0.2) is 17.1 Å². The molecule has 0 saturated carbocycles. The van der Waals surface area contributed by atoms with E-state index in [0.717, 1.165) is 12.3 Å². The van der Waals surface area contributed by atoms with Crippen LogP contribution in [0.4, 0.5) is 0 Å². The van der Waals surface area contributed by atoms with Gasteiger partial charge in [-0.05, 0) is 5.41 Å². The highest BCUT2D eigenvalue weighted by atomic mass is 16.3. The van der Waals surface area contributed by atoms with Crippen molar-refractivity contribution in [2.24, 2.45) is 5.41 Å². The van der Waals surface area contributed by atoms with E-state index in [2.05, 4.69) is 4.98 Å². The van der Waals surface area contributed by atoms with Crippen LogP contribution in [0.5, 0.6) is 5.75 Å². The van der Waals surface area contributed by atoms with Crippen LogP contribution in [-0.4, -0.2) is 21.7 Å². The Morgan fingerprint density at radius 3 is 2.41 bits per heavy atom. The Morgan fingerprint density at radius 1 is 1.35 bits per heavy atom. The minimum absolute atomic E-state index is 0.0953. The lowest BCUT2D eigenvalue weighted by molar-refractivity contribution is -0.116. The molecule has 1 aromatic heterocycles. The molecule has 0 bridgehead atoms. The lowest BCUT2D eigenvalue weighted by Crippen LogP contribution is -2.22. The molecule has 1 rings (SSSR count). The molecule has 92 valence electrons. The van der Waals surface area contributed by atoms with E-state index >= 15 is 0 Å². The Kier molecular flexibility index (Phi) is 3.50. The van der Waals surface area contributed by atoms with Gasteiger partial charge in [0.15, 0.2) is 5.75 Å². The van der Waals surface area contributed by atoms with Gasteiger partial charge in [-0.1, -0.05) is 20.8 Å². The number of Topliss-reactive ketones (excluding diaryl/α,β-unsaturated/α-hetero) is 2. The molecule has 0 radical (unpaired) electrons. The first-order chi connectivity index (χ1) is 7.70. The minimum Gasteiger partial charge on any atom is -0.503 e. The Bertz CT molecular complexity index is 508. The number of carbonyl (C=O) groups is 2. The fourth-order valence-electron chi connectivity index (χ4n) is 1.31. The first-order valence-corrected chi connectivity index (χ1v) is 5.20. The first-order valence-electron chi connectivity index (χ1n) is 5.20. The molecule has 0 aromatic carbocycles. The molecule has 1 aromatic rings. The molecule has 17 heavy (non-hydrogen) atoms. The molecule has 0 atom stereocenters. The lowest BCUT2D eigenvalue weighted by atomic mass is 9.88. The van der Waals surface area contributed by atoms with Gasteiger partial charge in [0.25, 0.3) is 0 Å². The molecule has 0 aliphatic rings. The van der Waals surface area contributed by atoms with E-state index in [1.54, 1.807) is 0 Å². The molecule has 2 N–H and O–H groups in total. The molecule has 0 saturated heterocycles. The molecule has 0 amide bonds. The van der Waals surface area contributed by atoms with Crippen molar-refractivity contribution in [3.05, 3.63) is 28.2 Å². The Morgan fingerprint density at radius 2 is 1.94 bits per heavy atom. The Labute approximate surface area is 98.5 Å². The highest BCUT2D eigenvalue weighted by Gasteiger charge is 2.23. The SMILES string of the molecule is CC(C)(C)CC(=O)C(=O)c1cc(=O)c(O)c[nH]1. The zero-order valence-corrected chi connectivity index (χ0v) is 10.0. The molecule has 0 aliphatic heterocycles. The summed E-state index contributed by atoms with van der Waals surface area (Å²) in [4.78, 5) is 36.8. The van der Waals surface area contributed by atoms with Gasteiger partial charge < -0.3 is 10.1 Å². The average Bonchev–Trinajstić information content (AvgIpc) is 2.18. The summed E-state index contributed by atoms with van der Waals surface area (Å²) in [5.74, 6) is -1.78. The van der Waals surface area contributed by atoms with E-state index in [-0.39, 0.29) is 17.5 Å². The number of aromatic amines is 1. The normalized spacial score (nSPS) is 11.2. The number of pyridine rings is 1. The topological polar surface area (TPSA) is 87.2 Å². The van der Waals surface area contributed by atoms with Crippen LogP contribution in [0.2, 0.25) is 0 Å². The van der Waals surface area contributed by atoms with Gasteiger partial charge in [0.2, 0.25) is 17.0 Å². The van der Waals surface area contributed by atoms with Crippen molar-refractivity contribution in [3.63, 3.8) is 0 Å². The van der Waals surface area contributed by atoms with E-state index in [1.807, 2.05) is 20.8 Å². The van der Waals surface area contributed by atoms with Gasteiger partial charge in [-0.2, -0.15) is 0 Å². The Balaban J connectivity index is 2.94. The van der Waals surface area contributed by atoms with Crippen LogP contribution in [0, 0.1) is 5.41 Å². The molecular formula is C12H15NO4. The highest BCUT2D eigenvalue weighted by molar-refractivity contribution is 6.43. The predicted octanol–water partition coefficient (Wildman–Crippen LogP) is 1.27. The highest BCUT2D eigenvalue weighted by Crippen LogP contribution is 2.19. The molecule has 0 spiro atoms. The number of ketones is 2. The van der Waals surface area contributed by atoms with Crippen LogP contribution in [0.1, 0.15) is 37.7 Å². The third kappa shape index (κ3) is 3.55. The van der Waals surface area contributed by atoms with Gasteiger partial charge in [0, 0.05) is 18.7 Å². The smallest absolute Gasteiger partial charge is 0.244 e. The maximum atomic E-state index is 11.7. The number of hydrogen-bond donors (Lipinski definition) is 2. The Hall–Kier alpha value is -1.91. The van der Waals surface area contributed by atoms with E-state index in [1.165, 1.54) is 0 Å². The number of nitrogens with one attached hydrogen (secondary N) is 1. The van der Waals surface area contributed by atoms with Crippen molar-refractivity contribution in [2.75, 3.05) is 0 Å². The van der Waals surface area contributed by atoms with Gasteiger partial charge in [-0.25, -0.2) is 0 Å². The number of hydrogen-bond acceptors (Lipinski definition) is 4. The quantitative estimate of drug-likeness (QED) is 0.612. The van der Waals surface area contributed by atoms with Crippen molar-refractivity contribution in [1.82, 2.24) is 4.98 Å². The lowest BCUT2D eigenvalue weighted by Gasteiger charge is -2.15. The van der Waals surface area contributed by atoms with Gasteiger partial charge in [0.05, 0.1) is 5.69 Å². The van der Waals surface area contributed by atoms with Crippen LogP contribution < -0.4 is 5.43 Å². The molecule has 0 fully saturated rings. The summed E-state index contributed by atoms with van der Waals surface area (Å²) in [6.07, 6.45) is 1.11. The minimum atomic E-state index is -0.739. The molecule has 0 unspecified atom stereocenters. The zero-order chi connectivity index (χ0) is 13.2. The zero-order valence-electron chi connectivity index (χ0n) is 10.0. The van der Waals surface area contributed by atoms with Gasteiger partial charge >= 0.3 is 0 Å². The molecular weight excluding hydrogens is 222 g/mol. The average molecular weight is 237 g/mol. The molecule has 1 heterocycles. The van der Waals surface area contributed by atoms with Crippen LogP contribution in [-0.2, 0) is 4.79 Å². The second-order valence-electron chi connectivity index (χ2n) is 5.09. The first kappa shape index (κ1) is 13.2. The second kappa shape index (κ2) is 4.53. The van der Waals surface area contributed by atoms with Crippen LogP contribution >= 0.6 is 0 Å². The summed E-state index contributed by atoms with van der Waals surface area (Å²) in [7, 11) is 0. The number of aromatic hydroxyl groups is 1. The third-order valence-corrected chi connectivity index (χ3v) is 2.08. The summed E-state index contributed by atoms with van der Waals surface area (Å²) in [6.45, 7) is 5.53. The molecule has 5 nitrogen and oxygen atoms in total. The van der Waals surface area contributed by atoms with Crippen molar-refractivity contribution < 1.29 is 14.7 Å². The van der Waals surface area contributed by atoms with Crippen molar-refractivity contribution in [2.45, 2.75) is 27.2 Å². The monoisotopic (exact) mass is 237 g/mol.